The maximum absolute atomic E-state index is 13.5. The largest absolute Gasteiger partial charge is 0.379 e. The van der Waals surface area contributed by atoms with Gasteiger partial charge in [-0.25, -0.2) is 14.5 Å². The van der Waals surface area contributed by atoms with Gasteiger partial charge in [0.05, 0.1) is 24.4 Å². The number of amides is 1. The number of nitriles is 1. The average Bonchev–Trinajstić information content (AvgIpc) is 3.55. The van der Waals surface area contributed by atoms with Crippen LogP contribution in [0, 0.1) is 23.2 Å². The Morgan fingerprint density at radius 2 is 1.83 bits per heavy atom. The number of hydrogen-bond acceptors (Lipinski definition) is 8. The van der Waals surface area contributed by atoms with Crippen LogP contribution >= 0.6 is 0 Å². The van der Waals surface area contributed by atoms with E-state index in [0.29, 0.717) is 29.8 Å². The number of rotatable bonds is 9. The van der Waals surface area contributed by atoms with Crippen LogP contribution in [0.25, 0.3) is 5.65 Å². The number of imidazole rings is 1. The van der Waals surface area contributed by atoms with Gasteiger partial charge in [0, 0.05) is 42.5 Å². The molecule has 3 aromatic heterocycles. The number of halogens is 1. The summed E-state index contributed by atoms with van der Waals surface area (Å²) in [5, 5.41) is 23.0. The number of ketones is 1. The van der Waals surface area contributed by atoms with Crippen LogP contribution in [0.3, 0.4) is 0 Å². The number of fused-ring (bicyclic) bond motifs is 1. The Labute approximate surface area is 207 Å². The van der Waals surface area contributed by atoms with Gasteiger partial charge in [-0.15, -0.1) is 5.10 Å². The predicted octanol–water partition coefficient (Wildman–Crippen LogP) is 3.93. The summed E-state index contributed by atoms with van der Waals surface area (Å²) in [4.78, 5) is 32.7. The predicted molar refractivity (Wildman–Crippen MR) is 131 cm³/mol. The molecule has 2 saturated carbocycles. The number of carbonyl (C=O) groups excluding carboxylic acids is 2. The van der Waals surface area contributed by atoms with Gasteiger partial charge in [0.2, 0.25) is 5.95 Å². The number of anilines is 3. The van der Waals surface area contributed by atoms with Crippen molar-refractivity contribution in [3.63, 3.8) is 0 Å². The molecule has 5 rings (SSSR count). The molecular weight excluding hydrogens is 463 g/mol. The maximum Gasteiger partial charge on any atom is 0.276 e. The fourth-order valence-electron chi connectivity index (χ4n) is 4.63. The van der Waals surface area contributed by atoms with Crippen LogP contribution in [-0.2, 0) is 4.79 Å². The third kappa shape index (κ3) is 5.59. The molecule has 0 atom stereocenters. The zero-order valence-corrected chi connectivity index (χ0v) is 19.7. The molecule has 36 heavy (non-hydrogen) atoms. The van der Waals surface area contributed by atoms with Crippen molar-refractivity contribution in [2.75, 3.05) is 16.0 Å². The summed E-state index contributed by atoms with van der Waals surface area (Å²) in [5.41, 5.74) is 1.85. The zero-order valence-electron chi connectivity index (χ0n) is 19.7. The van der Waals surface area contributed by atoms with Crippen LogP contribution < -0.4 is 16.0 Å². The molecule has 3 aromatic rings. The zero-order chi connectivity index (χ0) is 25.1. The minimum atomic E-state index is -0.685. The van der Waals surface area contributed by atoms with Crippen molar-refractivity contribution in [1.82, 2.24) is 19.6 Å². The van der Waals surface area contributed by atoms with E-state index in [2.05, 4.69) is 31.0 Å². The minimum Gasteiger partial charge on any atom is -0.379 e. The first-order valence-electron chi connectivity index (χ1n) is 12.2. The molecule has 2 aliphatic rings. The molecule has 3 N–H and O–H groups in total. The lowest BCUT2D eigenvalue weighted by Crippen LogP contribution is -2.28. The summed E-state index contributed by atoms with van der Waals surface area (Å²) in [6.07, 6.45) is 8.94. The fourth-order valence-corrected chi connectivity index (χ4v) is 4.63. The third-order valence-electron chi connectivity index (χ3n) is 6.61. The van der Waals surface area contributed by atoms with Crippen LogP contribution in [0.15, 0.2) is 30.6 Å². The molecule has 2 aliphatic carbocycles. The van der Waals surface area contributed by atoms with Crippen LogP contribution in [0.4, 0.5) is 21.6 Å². The Kier molecular flexibility index (Phi) is 6.75. The molecule has 0 unspecified atom stereocenters. The van der Waals surface area contributed by atoms with E-state index in [1.807, 2.05) is 12.1 Å². The van der Waals surface area contributed by atoms with Crippen molar-refractivity contribution in [2.45, 2.75) is 63.5 Å². The highest BCUT2D eigenvalue weighted by Gasteiger charge is 2.26. The van der Waals surface area contributed by atoms with Crippen molar-refractivity contribution >= 4 is 34.5 Å². The van der Waals surface area contributed by atoms with Gasteiger partial charge in [0.1, 0.15) is 11.6 Å². The highest BCUT2D eigenvalue weighted by atomic mass is 19.1. The highest BCUT2D eigenvalue weighted by Crippen LogP contribution is 2.31. The standard InChI is InChI=1S/C25H27FN8O2/c26-22-12-18(8-10-28-22)32-25(36)21-14-29-24-20(30-16-5-6-16)13-23(33-34(21)24)31-17-3-1-15(2-4-17)11-19(35)7-9-27/h8,10,12-17,30H,1-7,11H2,(H,31,33)(H,28,32,36). The van der Waals surface area contributed by atoms with Gasteiger partial charge in [-0.1, -0.05) is 0 Å². The SMILES string of the molecule is N#CCC(=O)CC1CCC(Nc2cc(NC3CC3)c3ncc(C(=O)Nc4ccnc(F)c4)n3n2)CC1. The Hall–Kier alpha value is -4.07. The second-order valence-electron chi connectivity index (χ2n) is 9.50. The van der Waals surface area contributed by atoms with Gasteiger partial charge in [-0.2, -0.15) is 9.65 Å². The average molecular weight is 491 g/mol. The summed E-state index contributed by atoms with van der Waals surface area (Å²) >= 11 is 0. The molecular formula is C25H27FN8O2. The number of Topliss-reactive ketones (excluding diaryl/α,β-unsaturated/α-hetero) is 1. The Morgan fingerprint density at radius 3 is 2.56 bits per heavy atom. The first-order valence-corrected chi connectivity index (χ1v) is 12.2. The second-order valence-corrected chi connectivity index (χ2v) is 9.50. The Bertz CT molecular complexity index is 1320. The van der Waals surface area contributed by atoms with Gasteiger partial charge in [0.25, 0.3) is 5.91 Å². The number of hydrogen-bond donors (Lipinski definition) is 3. The van der Waals surface area contributed by atoms with Gasteiger partial charge < -0.3 is 16.0 Å². The van der Waals surface area contributed by atoms with E-state index in [-0.39, 0.29) is 29.6 Å². The van der Waals surface area contributed by atoms with Gasteiger partial charge in [0.15, 0.2) is 11.3 Å². The topological polar surface area (TPSA) is 137 Å². The van der Waals surface area contributed by atoms with E-state index < -0.39 is 11.9 Å². The van der Waals surface area contributed by atoms with Gasteiger partial charge >= 0.3 is 0 Å². The monoisotopic (exact) mass is 490 g/mol. The Balaban J connectivity index is 1.33. The number of carbonyl (C=O) groups is 2. The molecule has 0 aromatic carbocycles. The smallest absolute Gasteiger partial charge is 0.276 e. The molecule has 11 heteroatoms. The molecule has 0 saturated heterocycles. The van der Waals surface area contributed by atoms with Crippen molar-refractivity contribution in [3.8, 4) is 6.07 Å². The van der Waals surface area contributed by atoms with Crippen molar-refractivity contribution in [3.05, 3.63) is 42.2 Å². The molecule has 2 fully saturated rings. The van der Waals surface area contributed by atoms with E-state index in [1.54, 1.807) is 0 Å². The van der Waals surface area contributed by atoms with Crippen LogP contribution in [0.5, 0.6) is 0 Å². The lowest BCUT2D eigenvalue weighted by molar-refractivity contribution is -0.119. The summed E-state index contributed by atoms with van der Waals surface area (Å²) < 4.78 is 15.0. The normalized spacial score (nSPS) is 19.4. The summed E-state index contributed by atoms with van der Waals surface area (Å²) in [6.45, 7) is 0. The van der Waals surface area contributed by atoms with Crippen LogP contribution in [0.2, 0.25) is 0 Å². The Morgan fingerprint density at radius 1 is 1.08 bits per heavy atom. The second kappa shape index (κ2) is 10.3. The lowest BCUT2D eigenvalue weighted by atomic mass is 9.83. The van der Waals surface area contributed by atoms with Crippen molar-refractivity contribution < 1.29 is 14.0 Å². The molecule has 0 radical (unpaired) electrons. The van der Waals surface area contributed by atoms with Crippen molar-refractivity contribution in [1.29, 1.82) is 5.26 Å². The molecule has 10 nitrogen and oxygen atoms in total. The van der Waals surface area contributed by atoms with E-state index in [9.17, 15) is 14.0 Å². The molecule has 3 heterocycles. The van der Waals surface area contributed by atoms with Gasteiger partial charge in [-0.3, -0.25) is 9.59 Å². The number of pyridine rings is 1. The van der Waals surface area contributed by atoms with Crippen LogP contribution in [-0.4, -0.2) is 43.4 Å². The summed E-state index contributed by atoms with van der Waals surface area (Å²) in [5.74, 6) is -0.199. The third-order valence-corrected chi connectivity index (χ3v) is 6.61. The molecule has 0 spiro atoms. The molecule has 1 amide bonds. The minimum absolute atomic E-state index is 0.0113. The summed E-state index contributed by atoms with van der Waals surface area (Å²) in [6, 6.07) is 7.07. The quantitative estimate of drug-likeness (QED) is 0.384. The van der Waals surface area contributed by atoms with E-state index in [0.717, 1.165) is 50.3 Å². The number of nitrogens with zero attached hydrogens (tertiary/aromatic N) is 5. The van der Waals surface area contributed by atoms with E-state index in [1.165, 1.54) is 23.0 Å². The van der Waals surface area contributed by atoms with Crippen LogP contribution in [0.1, 0.15) is 61.9 Å². The first kappa shape index (κ1) is 23.7. The highest BCUT2D eigenvalue weighted by molar-refractivity contribution is 6.03. The molecule has 186 valence electrons. The van der Waals surface area contributed by atoms with Gasteiger partial charge in [-0.05, 0) is 50.5 Å². The van der Waals surface area contributed by atoms with Crippen molar-refractivity contribution in [2.24, 2.45) is 5.92 Å². The van der Waals surface area contributed by atoms with E-state index in [4.69, 9.17) is 5.26 Å². The first-order chi connectivity index (χ1) is 17.5. The fraction of sp³-hybridized carbons (Fsp3) is 0.440. The number of aromatic nitrogens is 4. The molecule has 0 bridgehead atoms. The summed E-state index contributed by atoms with van der Waals surface area (Å²) in [7, 11) is 0. The lowest BCUT2D eigenvalue weighted by Gasteiger charge is -2.29. The number of nitrogens with one attached hydrogen (secondary N) is 3. The molecule has 0 aliphatic heterocycles. The van der Waals surface area contributed by atoms with E-state index >= 15 is 0 Å². The maximum atomic E-state index is 13.5.